The van der Waals surface area contributed by atoms with E-state index in [-0.39, 0.29) is 11.5 Å². The second-order valence-corrected chi connectivity index (χ2v) is 4.14. The minimum absolute atomic E-state index is 0.103. The third kappa shape index (κ3) is 2.84. The van der Waals surface area contributed by atoms with E-state index in [1.807, 2.05) is 0 Å². The number of ketones is 1. The van der Waals surface area contributed by atoms with Crippen LogP contribution in [0.15, 0.2) is 30.3 Å². The molecular weight excluding hydrogens is 285 g/mol. The van der Waals surface area contributed by atoms with E-state index in [2.05, 4.69) is 0 Å². The number of benzene rings is 2. The van der Waals surface area contributed by atoms with Crippen molar-refractivity contribution < 1.29 is 27.4 Å². The summed E-state index contributed by atoms with van der Waals surface area (Å²) in [6.45, 7) is 0. The van der Waals surface area contributed by atoms with Gasteiger partial charge >= 0.3 is 0 Å². The van der Waals surface area contributed by atoms with Crippen LogP contribution >= 0.6 is 0 Å². The number of rotatable bonds is 4. The van der Waals surface area contributed by atoms with Gasteiger partial charge in [-0.2, -0.15) is 0 Å². The van der Waals surface area contributed by atoms with Gasteiger partial charge in [-0.25, -0.2) is 13.2 Å². The van der Waals surface area contributed by atoms with Crippen molar-refractivity contribution in [1.82, 2.24) is 0 Å². The topological polar surface area (TPSA) is 35.5 Å². The molecule has 110 valence electrons. The molecule has 0 spiro atoms. The number of hydrogen-bond acceptors (Lipinski definition) is 3. The first-order valence-electron chi connectivity index (χ1n) is 5.89. The zero-order valence-corrected chi connectivity index (χ0v) is 11.2. The van der Waals surface area contributed by atoms with Gasteiger partial charge in [0.15, 0.2) is 17.3 Å². The molecule has 0 aliphatic carbocycles. The Hall–Kier alpha value is -2.50. The van der Waals surface area contributed by atoms with Crippen molar-refractivity contribution in [3.63, 3.8) is 0 Å². The van der Waals surface area contributed by atoms with Gasteiger partial charge in [-0.15, -0.1) is 0 Å². The zero-order valence-electron chi connectivity index (χ0n) is 11.2. The first-order valence-corrected chi connectivity index (χ1v) is 5.89. The molecule has 0 fully saturated rings. The van der Waals surface area contributed by atoms with Crippen molar-refractivity contribution in [2.75, 3.05) is 14.2 Å². The first kappa shape index (κ1) is 14.9. The van der Waals surface area contributed by atoms with Crippen LogP contribution in [0.25, 0.3) is 0 Å². The van der Waals surface area contributed by atoms with Crippen LogP contribution in [0.3, 0.4) is 0 Å². The molecule has 2 aromatic carbocycles. The molecule has 0 bridgehead atoms. The maximum absolute atomic E-state index is 13.9. The molecule has 0 N–H and O–H groups in total. The van der Waals surface area contributed by atoms with Gasteiger partial charge in [-0.3, -0.25) is 4.79 Å². The average molecular weight is 296 g/mol. The maximum atomic E-state index is 13.9. The molecule has 0 amide bonds. The van der Waals surface area contributed by atoms with Crippen LogP contribution in [-0.4, -0.2) is 20.0 Å². The summed E-state index contributed by atoms with van der Waals surface area (Å²) in [5, 5.41) is 0. The minimum atomic E-state index is -1.06. The van der Waals surface area contributed by atoms with Gasteiger partial charge in [0, 0.05) is 12.1 Å². The van der Waals surface area contributed by atoms with Crippen LogP contribution in [0.4, 0.5) is 13.2 Å². The molecule has 0 heterocycles. The van der Waals surface area contributed by atoms with Gasteiger partial charge in [-0.05, 0) is 18.2 Å². The second kappa shape index (κ2) is 5.87. The Morgan fingerprint density at radius 2 is 1.43 bits per heavy atom. The Kier molecular flexibility index (Phi) is 4.16. The van der Waals surface area contributed by atoms with E-state index in [0.717, 1.165) is 24.3 Å². The Labute approximate surface area is 118 Å². The zero-order chi connectivity index (χ0) is 15.6. The number of hydrogen-bond donors (Lipinski definition) is 0. The normalized spacial score (nSPS) is 10.3. The van der Waals surface area contributed by atoms with Gasteiger partial charge < -0.3 is 9.47 Å². The van der Waals surface area contributed by atoms with Crippen LogP contribution in [0.1, 0.15) is 15.9 Å². The average Bonchev–Trinajstić information content (AvgIpc) is 2.46. The summed E-state index contributed by atoms with van der Waals surface area (Å²) < 4.78 is 50.3. The van der Waals surface area contributed by atoms with Crippen molar-refractivity contribution in [3.8, 4) is 11.5 Å². The van der Waals surface area contributed by atoms with Gasteiger partial charge in [0.1, 0.15) is 17.5 Å². The molecule has 0 unspecified atom stereocenters. The fraction of sp³-hybridized carbons (Fsp3) is 0.133. The molecule has 6 heteroatoms. The van der Waals surface area contributed by atoms with Gasteiger partial charge in [0.2, 0.25) is 0 Å². The molecule has 0 aliphatic rings. The van der Waals surface area contributed by atoms with Crippen LogP contribution in [0.2, 0.25) is 0 Å². The SMILES string of the molecule is COc1cc(F)c(C(=O)c2ccc(F)cc2F)cc1OC. The summed E-state index contributed by atoms with van der Waals surface area (Å²) in [5.41, 5.74) is -0.819. The molecule has 0 saturated heterocycles. The summed E-state index contributed by atoms with van der Waals surface area (Å²) in [5.74, 6) is -3.45. The van der Waals surface area contributed by atoms with E-state index < -0.39 is 34.4 Å². The van der Waals surface area contributed by atoms with Gasteiger partial charge in [0.05, 0.1) is 25.3 Å². The lowest BCUT2D eigenvalue weighted by molar-refractivity contribution is 0.103. The Morgan fingerprint density at radius 3 is 2.00 bits per heavy atom. The molecule has 2 rings (SSSR count). The summed E-state index contributed by atoms with van der Waals surface area (Å²) in [4.78, 5) is 12.2. The summed E-state index contributed by atoms with van der Waals surface area (Å²) in [6.07, 6.45) is 0. The van der Waals surface area contributed by atoms with Crippen molar-refractivity contribution in [2.45, 2.75) is 0 Å². The molecule has 0 atom stereocenters. The first-order chi connectivity index (χ1) is 9.97. The lowest BCUT2D eigenvalue weighted by atomic mass is 10.0. The van der Waals surface area contributed by atoms with Gasteiger partial charge in [0.25, 0.3) is 0 Å². The molecular formula is C15H11F3O3. The Morgan fingerprint density at radius 1 is 0.857 bits per heavy atom. The Balaban J connectivity index is 2.53. The van der Waals surface area contributed by atoms with Crippen molar-refractivity contribution in [1.29, 1.82) is 0 Å². The quantitative estimate of drug-likeness (QED) is 0.812. The van der Waals surface area contributed by atoms with E-state index in [1.54, 1.807) is 0 Å². The minimum Gasteiger partial charge on any atom is -0.493 e. The van der Waals surface area contributed by atoms with E-state index in [1.165, 1.54) is 14.2 Å². The number of ether oxygens (including phenoxy) is 2. The van der Waals surface area contributed by atoms with Crippen molar-refractivity contribution >= 4 is 5.78 Å². The Bertz CT molecular complexity index is 699. The van der Waals surface area contributed by atoms with Gasteiger partial charge in [-0.1, -0.05) is 0 Å². The largest absolute Gasteiger partial charge is 0.493 e. The molecule has 2 aromatic rings. The predicted molar refractivity (Wildman–Crippen MR) is 69.3 cm³/mol. The van der Waals surface area contributed by atoms with Crippen molar-refractivity contribution in [2.24, 2.45) is 0 Å². The highest BCUT2D eigenvalue weighted by Gasteiger charge is 2.21. The van der Waals surface area contributed by atoms with E-state index in [4.69, 9.17) is 9.47 Å². The maximum Gasteiger partial charge on any atom is 0.199 e. The monoisotopic (exact) mass is 296 g/mol. The fourth-order valence-electron chi connectivity index (χ4n) is 1.85. The van der Waals surface area contributed by atoms with Crippen LogP contribution in [0.5, 0.6) is 11.5 Å². The fourth-order valence-corrected chi connectivity index (χ4v) is 1.85. The molecule has 21 heavy (non-hydrogen) atoms. The molecule has 3 nitrogen and oxygen atoms in total. The molecule has 0 saturated carbocycles. The number of carbonyl (C=O) groups excluding carboxylic acids is 1. The standard InChI is InChI=1S/C15H11F3O3/c1-20-13-6-10(12(18)7-14(13)21-2)15(19)9-4-3-8(16)5-11(9)17/h3-7H,1-2H3. The van der Waals surface area contributed by atoms with Crippen LogP contribution < -0.4 is 9.47 Å². The number of carbonyl (C=O) groups is 1. The van der Waals surface area contributed by atoms with E-state index in [0.29, 0.717) is 6.07 Å². The van der Waals surface area contributed by atoms with Crippen LogP contribution in [0, 0.1) is 17.5 Å². The lowest BCUT2D eigenvalue weighted by Gasteiger charge is -2.10. The summed E-state index contributed by atoms with van der Waals surface area (Å²) >= 11 is 0. The summed E-state index contributed by atoms with van der Waals surface area (Å²) in [6, 6.07) is 4.52. The smallest absolute Gasteiger partial charge is 0.199 e. The number of halogens is 3. The molecule has 0 aromatic heterocycles. The molecule has 0 radical (unpaired) electrons. The lowest BCUT2D eigenvalue weighted by Crippen LogP contribution is -2.08. The second-order valence-electron chi connectivity index (χ2n) is 4.14. The highest BCUT2D eigenvalue weighted by atomic mass is 19.1. The third-order valence-electron chi connectivity index (χ3n) is 2.89. The van der Waals surface area contributed by atoms with E-state index >= 15 is 0 Å². The predicted octanol–water partition coefficient (Wildman–Crippen LogP) is 3.35. The van der Waals surface area contributed by atoms with E-state index in [9.17, 15) is 18.0 Å². The summed E-state index contributed by atoms with van der Waals surface area (Å²) in [7, 11) is 2.64. The number of methoxy groups -OCH3 is 2. The third-order valence-corrected chi connectivity index (χ3v) is 2.89. The highest BCUT2D eigenvalue weighted by molar-refractivity contribution is 6.09. The molecule has 0 aliphatic heterocycles. The van der Waals surface area contributed by atoms with Crippen molar-refractivity contribution in [3.05, 3.63) is 58.9 Å². The highest BCUT2D eigenvalue weighted by Crippen LogP contribution is 2.31. The van der Waals surface area contributed by atoms with Crippen LogP contribution in [-0.2, 0) is 0 Å².